The Bertz CT molecular complexity index is 775. The second-order valence-electron chi connectivity index (χ2n) is 4.37. The van der Waals surface area contributed by atoms with E-state index in [2.05, 4.69) is 4.72 Å². The minimum atomic E-state index is -3.94. The summed E-state index contributed by atoms with van der Waals surface area (Å²) >= 11 is 5.99. The minimum Gasteiger partial charge on any atom is -0.506 e. The van der Waals surface area contributed by atoms with E-state index in [1.54, 1.807) is 25.1 Å². The number of phenolic OH excluding ortho intramolecular Hbond substituents is 1. The molecule has 2 aromatic rings. The average Bonchev–Trinajstić information content (AvgIpc) is 2.43. The van der Waals surface area contributed by atoms with E-state index in [1.165, 1.54) is 25.3 Å². The number of hydrogen-bond acceptors (Lipinski definition) is 4. The number of hydrogen-bond donors (Lipinski definition) is 2. The molecular weight excluding hydrogens is 314 g/mol. The van der Waals surface area contributed by atoms with Gasteiger partial charge in [0.2, 0.25) is 0 Å². The van der Waals surface area contributed by atoms with Crippen LogP contribution in [0.2, 0.25) is 5.02 Å². The number of methoxy groups -OCH3 is 1. The summed E-state index contributed by atoms with van der Waals surface area (Å²) < 4.78 is 32.3. The quantitative estimate of drug-likeness (QED) is 0.846. The first-order valence-electron chi connectivity index (χ1n) is 6.00. The third-order valence-electron chi connectivity index (χ3n) is 2.88. The lowest BCUT2D eigenvalue weighted by Crippen LogP contribution is -2.14. The molecule has 0 bridgehead atoms. The van der Waals surface area contributed by atoms with E-state index in [-0.39, 0.29) is 22.1 Å². The predicted molar refractivity (Wildman–Crippen MR) is 81.7 cm³/mol. The fourth-order valence-corrected chi connectivity index (χ4v) is 3.25. The Labute approximate surface area is 128 Å². The largest absolute Gasteiger partial charge is 0.506 e. The summed E-state index contributed by atoms with van der Waals surface area (Å²) in [6, 6.07) is 8.90. The molecule has 7 heteroatoms. The SMILES string of the molecule is COc1cc(C)c(Cl)cc1S(=O)(=O)Nc1ccccc1O. The Morgan fingerprint density at radius 3 is 2.52 bits per heavy atom. The number of aryl methyl sites for hydroxylation is 1. The molecule has 0 radical (unpaired) electrons. The Morgan fingerprint density at radius 1 is 1.24 bits per heavy atom. The Hall–Kier alpha value is -1.92. The van der Waals surface area contributed by atoms with Gasteiger partial charge >= 0.3 is 0 Å². The molecule has 0 amide bonds. The summed E-state index contributed by atoms with van der Waals surface area (Å²) in [6.45, 7) is 1.75. The maximum Gasteiger partial charge on any atom is 0.265 e. The first-order chi connectivity index (χ1) is 9.85. The highest BCUT2D eigenvalue weighted by Gasteiger charge is 2.22. The third kappa shape index (κ3) is 3.22. The van der Waals surface area contributed by atoms with Crippen LogP contribution in [-0.2, 0) is 10.0 Å². The maximum atomic E-state index is 12.4. The van der Waals surface area contributed by atoms with Crippen LogP contribution in [0.4, 0.5) is 5.69 Å². The zero-order chi connectivity index (χ0) is 15.6. The molecule has 0 saturated carbocycles. The molecule has 0 spiro atoms. The van der Waals surface area contributed by atoms with Crippen molar-refractivity contribution >= 4 is 27.3 Å². The lowest BCUT2D eigenvalue weighted by molar-refractivity contribution is 0.402. The zero-order valence-electron chi connectivity index (χ0n) is 11.4. The molecule has 2 aromatic carbocycles. The van der Waals surface area contributed by atoms with Crippen LogP contribution in [-0.4, -0.2) is 20.6 Å². The monoisotopic (exact) mass is 327 g/mol. The number of phenols is 1. The van der Waals surface area contributed by atoms with E-state index in [4.69, 9.17) is 16.3 Å². The highest BCUT2D eigenvalue weighted by molar-refractivity contribution is 7.92. The summed E-state index contributed by atoms with van der Waals surface area (Å²) in [6.07, 6.45) is 0. The Morgan fingerprint density at radius 2 is 1.90 bits per heavy atom. The number of para-hydroxylation sites is 2. The number of sulfonamides is 1. The topological polar surface area (TPSA) is 75.6 Å². The van der Waals surface area contributed by atoms with Crippen molar-refractivity contribution in [2.24, 2.45) is 0 Å². The number of halogens is 1. The van der Waals surface area contributed by atoms with Crippen LogP contribution in [0.15, 0.2) is 41.3 Å². The lowest BCUT2D eigenvalue weighted by Gasteiger charge is -2.13. The summed E-state index contributed by atoms with van der Waals surface area (Å²) in [7, 11) is -2.56. The fourth-order valence-electron chi connectivity index (χ4n) is 1.77. The second-order valence-corrected chi connectivity index (χ2v) is 6.43. The molecule has 0 saturated heterocycles. The van der Waals surface area contributed by atoms with Crippen molar-refractivity contribution < 1.29 is 18.3 Å². The minimum absolute atomic E-state index is 0.0799. The van der Waals surface area contributed by atoms with Crippen molar-refractivity contribution in [3.05, 3.63) is 47.0 Å². The van der Waals surface area contributed by atoms with Gasteiger partial charge in [0.15, 0.2) is 0 Å². The number of nitrogens with one attached hydrogen (secondary N) is 1. The van der Waals surface area contributed by atoms with E-state index >= 15 is 0 Å². The van der Waals surface area contributed by atoms with Gasteiger partial charge in [-0.05, 0) is 36.8 Å². The molecule has 112 valence electrons. The molecule has 0 aromatic heterocycles. The zero-order valence-corrected chi connectivity index (χ0v) is 13.0. The molecule has 5 nitrogen and oxygen atoms in total. The summed E-state index contributed by atoms with van der Waals surface area (Å²) in [5.74, 6) is 0.0121. The van der Waals surface area contributed by atoms with Crippen LogP contribution in [0.25, 0.3) is 0 Å². The molecule has 2 rings (SSSR count). The molecule has 21 heavy (non-hydrogen) atoms. The van der Waals surface area contributed by atoms with Crippen LogP contribution in [0, 0.1) is 6.92 Å². The predicted octanol–water partition coefficient (Wildman–Crippen LogP) is 3.16. The van der Waals surface area contributed by atoms with Crippen LogP contribution in [0.3, 0.4) is 0 Å². The fraction of sp³-hybridized carbons (Fsp3) is 0.143. The van der Waals surface area contributed by atoms with E-state index in [9.17, 15) is 13.5 Å². The van der Waals surface area contributed by atoms with Gasteiger partial charge in [0.1, 0.15) is 16.4 Å². The van der Waals surface area contributed by atoms with Gasteiger partial charge in [0, 0.05) is 5.02 Å². The first-order valence-corrected chi connectivity index (χ1v) is 7.86. The molecule has 2 N–H and O–H groups in total. The number of aromatic hydroxyl groups is 1. The van der Waals surface area contributed by atoms with E-state index in [1.807, 2.05) is 0 Å². The summed E-state index contributed by atoms with van der Waals surface area (Å²) in [5.41, 5.74) is 0.784. The van der Waals surface area contributed by atoms with Crippen LogP contribution < -0.4 is 9.46 Å². The summed E-state index contributed by atoms with van der Waals surface area (Å²) in [5, 5.41) is 9.98. The molecule has 0 atom stereocenters. The van der Waals surface area contributed by atoms with Gasteiger partial charge in [-0.25, -0.2) is 8.42 Å². The lowest BCUT2D eigenvalue weighted by atomic mass is 10.2. The molecule has 0 heterocycles. The van der Waals surface area contributed by atoms with Gasteiger partial charge in [0.05, 0.1) is 12.8 Å². The van der Waals surface area contributed by atoms with Crippen LogP contribution in [0.1, 0.15) is 5.56 Å². The first kappa shape index (κ1) is 15.5. The Kier molecular flexibility index (Phi) is 4.29. The van der Waals surface area contributed by atoms with Crippen molar-refractivity contribution in [1.29, 1.82) is 0 Å². The van der Waals surface area contributed by atoms with Crippen molar-refractivity contribution in [1.82, 2.24) is 0 Å². The molecule has 0 unspecified atom stereocenters. The number of anilines is 1. The standard InChI is InChI=1S/C14H14ClNO4S/c1-9-7-13(20-2)14(8-10(9)15)21(18,19)16-11-5-3-4-6-12(11)17/h3-8,16-17H,1-2H3. The van der Waals surface area contributed by atoms with Crippen LogP contribution >= 0.6 is 11.6 Å². The number of ether oxygens (including phenoxy) is 1. The summed E-state index contributed by atoms with van der Waals surface area (Å²) in [4.78, 5) is -0.0937. The number of benzene rings is 2. The van der Waals surface area contributed by atoms with Crippen molar-refractivity contribution in [3.63, 3.8) is 0 Å². The van der Waals surface area contributed by atoms with Crippen LogP contribution in [0.5, 0.6) is 11.5 Å². The molecule has 0 aliphatic heterocycles. The second kappa shape index (κ2) is 5.83. The van der Waals surface area contributed by atoms with Crippen molar-refractivity contribution in [2.75, 3.05) is 11.8 Å². The van der Waals surface area contributed by atoms with Gasteiger partial charge in [0.25, 0.3) is 10.0 Å². The van der Waals surface area contributed by atoms with E-state index < -0.39 is 10.0 Å². The van der Waals surface area contributed by atoms with Gasteiger partial charge in [-0.15, -0.1) is 0 Å². The molecule has 0 fully saturated rings. The van der Waals surface area contributed by atoms with Crippen molar-refractivity contribution in [3.8, 4) is 11.5 Å². The highest BCUT2D eigenvalue weighted by atomic mass is 35.5. The van der Waals surface area contributed by atoms with Gasteiger partial charge in [-0.2, -0.15) is 0 Å². The highest BCUT2D eigenvalue weighted by Crippen LogP contribution is 2.32. The maximum absolute atomic E-state index is 12.4. The van der Waals surface area contributed by atoms with Gasteiger partial charge in [-0.3, -0.25) is 4.72 Å². The normalized spacial score (nSPS) is 11.2. The smallest absolute Gasteiger partial charge is 0.265 e. The van der Waals surface area contributed by atoms with E-state index in [0.717, 1.165) is 0 Å². The number of rotatable bonds is 4. The van der Waals surface area contributed by atoms with E-state index in [0.29, 0.717) is 10.6 Å². The molecule has 0 aliphatic rings. The average molecular weight is 328 g/mol. The third-order valence-corrected chi connectivity index (χ3v) is 4.68. The van der Waals surface area contributed by atoms with Gasteiger partial charge < -0.3 is 9.84 Å². The molecule has 0 aliphatic carbocycles. The van der Waals surface area contributed by atoms with Gasteiger partial charge in [-0.1, -0.05) is 23.7 Å². The molecular formula is C14H14ClNO4S. The van der Waals surface area contributed by atoms with Crippen molar-refractivity contribution in [2.45, 2.75) is 11.8 Å². The Balaban J connectivity index is 2.50.